The van der Waals surface area contributed by atoms with Crippen LogP contribution < -0.4 is 16.0 Å². The van der Waals surface area contributed by atoms with Crippen molar-refractivity contribution in [3.63, 3.8) is 0 Å². The van der Waals surface area contributed by atoms with E-state index in [9.17, 15) is 4.79 Å². The van der Waals surface area contributed by atoms with Gasteiger partial charge in [0.15, 0.2) is 5.65 Å². The zero-order valence-corrected chi connectivity index (χ0v) is 17.7. The number of urea groups is 1. The summed E-state index contributed by atoms with van der Waals surface area (Å²) in [5.74, 6) is 1.64. The molecule has 154 valence electrons. The Balaban J connectivity index is 1.79. The number of fused-ring (bicyclic) bond motifs is 1. The molecular formula is C21H29N7O. The summed E-state index contributed by atoms with van der Waals surface area (Å²) < 4.78 is 1.82. The van der Waals surface area contributed by atoms with E-state index in [1.807, 2.05) is 55.8 Å². The molecule has 0 unspecified atom stereocenters. The summed E-state index contributed by atoms with van der Waals surface area (Å²) in [6, 6.07) is 9.72. The summed E-state index contributed by atoms with van der Waals surface area (Å²) in [6.45, 7) is 11.0. The molecule has 0 bridgehead atoms. The van der Waals surface area contributed by atoms with Gasteiger partial charge in [0.25, 0.3) is 0 Å². The molecule has 29 heavy (non-hydrogen) atoms. The number of nitrogens with one attached hydrogen (secondary N) is 3. The van der Waals surface area contributed by atoms with Crippen LogP contribution in [0.1, 0.15) is 46.4 Å². The first kappa shape index (κ1) is 20.6. The number of hydrogen-bond acceptors (Lipinski definition) is 5. The van der Waals surface area contributed by atoms with Crippen LogP contribution in [0.25, 0.3) is 16.7 Å². The zero-order valence-electron chi connectivity index (χ0n) is 17.7. The highest BCUT2D eigenvalue weighted by molar-refractivity contribution is 5.87. The third-order valence-corrected chi connectivity index (χ3v) is 4.15. The van der Waals surface area contributed by atoms with E-state index in [1.54, 1.807) is 6.20 Å². The van der Waals surface area contributed by atoms with E-state index in [1.165, 1.54) is 0 Å². The van der Waals surface area contributed by atoms with E-state index in [4.69, 9.17) is 4.98 Å². The van der Waals surface area contributed by atoms with E-state index in [-0.39, 0.29) is 17.5 Å². The van der Waals surface area contributed by atoms with Gasteiger partial charge in [-0.3, -0.25) is 0 Å². The van der Waals surface area contributed by atoms with Crippen molar-refractivity contribution in [2.75, 3.05) is 18.4 Å². The van der Waals surface area contributed by atoms with Gasteiger partial charge < -0.3 is 16.0 Å². The molecular weight excluding hydrogens is 366 g/mol. The topological polar surface area (TPSA) is 96.8 Å². The Morgan fingerprint density at radius 2 is 1.83 bits per heavy atom. The maximum Gasteiger partial charge on any atom is 0.315 e. The summed E-state index contributed by atoms with van der Waals surface area (Å²) in [5.41, 5.74) is 1.44. The largest absolute Gasteiger partial charge is 0.368 e. The summed E-state index contributed by atoms with van der Waals surface area (Å²) in [6.07, 6.45) is 1.77. The molecule has 0 fully saturated rings. The Morgan fingerprint density at radius 3 is 2.48 bits per heavy atom. The predicted molar refractivity (Wildman–Crippen MR) is 116 cm³/mol. The predicted octanol–water partition coefficient (Wildman–Crippen LogP) is 3.45. The van der Waals surface area contributed by atoms with Gasteiger partial charge in [-0.25, -0.2) is 19.4 Å². The fourth-order valence-electron chi connectivity index (χ4n) is 2.82. The normalized spacial score (nSPS) is 11.7. The van der Waals surface area contributed by atoms with Crippen LogP contribution in [0.3, 0.4) is 0 Å². The van der Waals surface area contributed by atoms with Gasteiger partial charge in [-0.2, -0.15) is 5.10 Å². The number of amides is 2. The number of nitrogens with zero attached hydrogens (tertiary/aromatic N) is 4. The Labute approximate surface area is 171 Å². The third-order valence-electron chi connectivity index (χ3n) is 4.15. The maximum atomic E-state index is 11.9. The van der Waals surface area contributed by atoms with Crippen molar-refractivity contribution in [2.45, 2.75) is 46.1 Å². The number of benzene rings is 1. The highest BCUT2D eigenvalue weighted by atomic mass is 16.2. The van der Waals surface area contributed by atoms with Gasteiger partial charge in [0, 0.05) is 24.5 Å². The molecule has 2 aromatic heterocycles. The molecule has 0 atom stereocenters. The lowest BCUT2D eigenvalue weighted by atomic mass is 10.1. The smallest absolute Gasteiger partial charge is 0.315 e. The number of aromatic nitrogens is 4. The standard InChI is InChI=1S/C21H29N7O/c1-14(2)17-25-18(22-11-12-23-20(29)27-21(3,4)5)16-13-24-28(19(16)26-17)15-9-7-6-8-10-15/h6-10,13-14H,11-12H2,1-5H3,(H,22,25,26)(H2,23,27,29). The van der Waals surface area contributed by atoms with Gasteiger partial charge in [0.05, 0.1) is 17.3 Å². The summed E-state index contributed by atoms with van der Waals surface area (Å²) in [7, 11) is 0. The van der Waals surface area contributed by atoms with Crippen molar-refractivity contribution in [1.29, 1.82) is 0 Å². The van der Waals surface area contributed by atoms with Crippen molar-refractivity contribution >= 4 is 22.9 Å². The molecule has 8 heteroatoms. The first-order chi connectivity index (χ1) is 13.7. The van der Waals surface area contributed by atoms with E-state index in [0.717, 1.165) is 28.4 Å². The number of carbonyl (C=O) groups excluding carboxylic acids is 1. The van der Waals surface area contributed by atoms with Gasteiger partial charge in [0.2, 0.25) is 0 Å². The van der Waals surface area contributed by atoms with E-state index in [0.29, 0.717) is 13.1 Å². The molecule has 0 radical (unpaired) electrons. The minimum absolute atomic E-state index is 0.176. The van der Waals surface area contributed by atoms with Crippen molar-refractivity contribution in [2.24, 2.45) is 0 Å². The molecule has 3 rings (SSSR count). The molecule has 1 aromatic carbocycles. The van der Waals surface area contributed by atoms with Gasteiger partial charge in [-0.1, -0.05) is 32.0 Å². The van der Waals surface area contributed by atoms with E-state index in [2.05, 4.69) is 39.9 Å². The van der Waals surface area contributed by atoms with Crippen LogP contribution in [0.5, 0.6) is 0 Å². The second-order valence-electron chi connectivity index (χ2n) is 8.27. The molecule has 8 nitrogen and oxygen atoms in total. The zero-order chi connectivity index (χ0) is 21.0. The summed E-state index contributed by atoms with van der Waals surface area (Å²) >= 11 is 0. The van der Waals surface area contributed by atoms with Crippen LogP contribution >= 0.6 is 0 Å². The van der Waals surface area contributed by atoms with Gasteiger partial charge in [0.1, 0.15) is 11.6 Å². The van der Waals surface area contributed by atoms with Crippen LogP contribution in [0.4, 0.5) is 10.6 Å². The van der Waals surface area contributed by atoms with E-state index < -0.39 is 0 Å². The molecule has 3 aromatic rings. The van der Waals surface area contributed by atoms with Gasteiger partial charge >= 0.3 is 6.03 Å². The second kappa shape index (κ2) is 8.46. The molecule has 2 heterocycles. The first-order valence-corrected chi connectivity index (χ1v) is 9.85. The molecule has 0 spiro atoms. The maximum absolute atomic E-state index is 11.9. The highest BCUT2D eigenvalue weighted by Gasteiger charge is 2.16. The Bertz CT molecular complexity index is 974. The molecule has 0 saturated carbocycles. The van der Waals surface area contributed by atoms with Gasteiger partial charge in [-0.15, -0.1) is 0 Å². The van der Waals surface area contributed by atoms with Crippen molar-refractivity contribution in [3.8, 4) is 5.69 Å². The lowest BCUT2D eigenvalue weighted by molar-refractivity contribution is 0.232. The second-order valence-corrected chi connectivity index (χ2v) is 8.27. The lowest BCUT2D eigenvalue weighted by Crippen LogP contribution is -2.47. The Morgan fingerprint density at radius 1 is 1.10 bits per heavy atom. The minimum Gasteiger partial charge on any atom is -0.368 e. The van der Waals surface area contributed by atoms with Crippen LogP contribution in [0.2, 0.25) is 0 Å². The van der Waals surface area contributed by atoms with Crippen LogP contribution in [0, 0.1) is 0 Å². The SMILES string of the molecule is CC(C)c1nc(NCCNC(=O)NC(C)(C)C)c2cnn(-c3ccccc3)c2n1. The number of anilines is 1. The quantitative estimate of drug-likeness (QED) is 0.556. The number of carbonyl (C=O) groups is 1. The lowest BCUT2D eigenvalue weighted by Gasteiger charge is -2.20. The summed E-state index contributed by atoms with van der Waals surface area (Å²) in [5, 5.41) is 14.4. The minimum atomic E-state index is -0.269. The van der Waals surface area contributed by atoms with Gasteiger partial charge in [-0.05, 0) is 32.9 Å². The van der Waals surface area contributed by atoms with E-state index >= 15 is 0 Å². The van der Waals surface area contributed by atoms with Crippen molar-refractivity contribution < 1.29 is 4.79 Å². The van der Waals surface area contributed by atoms with Crippen molar-refractivity contribution in [1.82, 2.24) is 30.4 Å². The van der Waals surface area contributed by atoms with Crippen LogP contribution in [0.15, 0.2) is 36.5 Å². The Kier molecular flexibility index (Phi) is 6.00. The molecule has 2 amide bonds. The average molecular weight is 396 g/mol. The fourth-order valence-corrected chi connectivity index (χ4v) is 2.82. The molecule has 0 aliphatic carbocycles. The monoisotopic (exact) mass is 395 g/mol. The van der Waals surface area contributed by atoms with Crippen molar-refractivity contribution in [3.05, 3.63) is 42.4 Å². The molecule has 3 N–H and O–H groups in total. The average Bonchev–Trinajstić information content (AvgIpc) is 3.08. The van der Waals surface area contributed by atoms with Crippen LogP contribution in [-0.2, 0) is 0 Å². The number of hydrogen-bond donors (Lipinski definition) is 3. The summed E-state index contributed by atoms with van der Waals surface area (Å²) in [4.78, 5) is 21.3. The molecule has 0 saturated heterocycles. The van der Waals surface area contributed by atoms with Crippen LogP contribution in [-0.4, -0.2) is 44.4 Å². The fraction of sp³-hybridized carbons (Fsp3) is 0.429. The molecule has 0 aliphatic heterocycles. The molecule has 0 aliphatic rings. The Hall–Kier alpha value is -3.16. The highest BCUT2D eigenvalue weighted by Crippen LogP contribution is 2.24. The first-order valence-electron chi connectivity index (χ1n) is 9.85. The number of rotatable bonds is 6. The third kappa shape index (κ3) is 5.22. The number of para-hydroxylation sites is 1.